The zero-order valence-electron chi connectivity index (χ0n) is 15.6. The van der Waals surface area contributed by atoms with Crippen LogP contribution in [0.25, 0.3) is 11.0 Å². The summed E-state index contributed by atoms with van der Waals surface area (Å²) in [6, 6.07) is 14.9. The topological polar surface area (TPSA) is 98.0 Å². The quantitative estimate of drug-likeness (QED) is 0.302. The smallest absolute Gasteiger partial charge is 0.271 e. The molecule has 0 bridgehead atoms. The highest BCUT2D eigenvalue weighted by atomic mass is 32.2. The second kappa shape index (κ2) is 8.61. The number of fused-ring (bicyclic) bond motifs is 1. The van der Waals surface area contributed by atoms with Crippen molar-refractivity contribution in [2.24, 2.45) is 12.1 Å². The highest BCUT2D eigenvalue weighted by Crippen LogP contribution is 2.20. The molecular formula is C20H17N7OS. The number of amides is 1. The lowest BCUT2D eigenvalue weighted by Gasteiger charge is -2.03. The Morgan fingerprint density at radius 1 is 1.17 bits per heavy atom. The van der Waals surface area contributed by atoms with Crippen LogP contribution in [0, 0.1) is 0 Å². The molecule has 144 valence electrons. The van der Waals surface area contributed by atoms with Crippen molar-refractivity contribution < 1.29 is 4.79 Å². The van der Waals surface area contributed by atoms with E-state index < -0.39 is 0 Å². The first-order valence-electron chi connectivity index (χ1n) is 8.80. The number of carbonyl (C=O) groups excluding carboxylic acids is 1. The van der Waals surface area contributed by atoms with Gasteiger partial charge in [0.1, 0.15) is 12.0 Å². The summed E-state index contributed by atoms with van der Waals surface area (Å²) in [7, 11) is 1.90. The Morgan fingerprint density at radius 3 is 2.72 bits per heavy atom. The molecule has 1 amide bonds. The van der Waals surface area contributed by atoms with Crippen LogP contribution >= 0.6 is 11.8 Å². The molecule has 2 aromatic carbocycles. The molecule has 0 saturated carbocycles. The van der Waals surface area contributed by atoms with E-state index in [2.05, 4.69) is 30.7 Å². The van der Waals surface area contributed by atoms with Crippen LogP contribution in [0.3, 0.4) is 0 Å². The molecule has 0 unspecified atom stereocenters. The summed E-state index contributed by atoms with van der Waals surface area (Å²) in [5.74, 6) is 0.454. The van der Waals surface area contributed by atoms with Gasteiger partial charge in [-0.25, -0.2) is 10.4 Å². The number of nitrogens with one attached hydrogen (secondary N) is 1. The lowest BCUT2D eigenvalue weighted by molar-refractivity contribution is 0.0955. The van der Waals surface area contributed by atoms with Crippen LogP contribution in [-0.4, -0.2) is 36.9 Å². The molecule has 9 heteroatoms. The molecule has 4 aromatic rings. The van der Waals surface area contributed by atoms with Crippen molar-refractivity contribution in [3.05, 3.63) is 77.9 Å². The third-order valence-electron chi connectivity index (χ3n) is 4.08. The number of aromatic nitrogens is 5. The SMILES string of the molecule is Cn1cnnc1SCc1ccc(C(=O)N/N=C\c2cnc3ccccc3n2)cc1. The number of hydrogen-bond acceptors (Lipinski definition) is 7. The van der Waals surface area contributed by atoms with E-state index in [1.54, 1.807) is 36.4 Å². The van der Waals surface area contributed by atoms with Crippen LogP contribution in [0.4, 0.5) is 0 Å². The fraction of sp³-hybridized carbons (Fsp3) is 0.100. The van der Waals surface area contributed by atoms with E-state index >= 15 is 0 Å². The first-order valence-corrected chi connectivity index (χ1v) is 9.78. The van der Waals surface area contributed by atoms with Gasteiger partial charge in [0.25, 0.3) is 5.91 Å². The van der Waals surface area contributed by atoms with E-state index in [0.29, 0.717) is 11.3 Å². The number of rotatable bonds is 6. The maximum atomic E-state index is 12.3. The van der Waals surface area contributed by atoms with Crippen LogP contribution in [0.15, 0.2) is 71.3 Å². The van der Waals surface area contributed by atoms with E-state index in [-0.39, 0.29) is 5.91 Å². The van der Waals surface area contributed by atoms with E-state index in [1.165, 1.54) is 6.21 Å². The van der Waals surface area contributed by atoms with Crippen LogP contribution in [0.2, 0.25) is 0 Å². The normalized spacial score (nSPS) is 11.2. The minimum atomic E-state index is -0.289. The number of nitrogens with zero attached hydrogens (tertiary/aromatic N) is 6. The summed E-state index contributed by atoms with van der Waals surface area (Å²) in [6.07, 6.45) is 4.75. The van der Waals surface area contributed by atoms with Crippen LogP contribution < -0.4 is 5.43 Å². The second-order valence-corrected chi connectivity index (χ2v) is 7.14. The zero-order valence-corrected chi connectivity index (χ0v) is 16.4. The molecule has 0 aliphatic heterocycles. The molecule has 0 aliphatic carbocycles. The number of hydrazone groups is 1. The minimum Gasteiger partial charge on any atom is -0.312 e. The third kappa shape index (κ3) is 4.64. The van der Waals surface area contributed by atoms with Crippen molar-refractivity contribution in [2.75, 3.05) is 0 Å². The van der Waals surface area contributed by atoms with E-state index in [0.717, 1.165) is 27.5 Å². The maximum absolute atomic E-state index is 12.3. The Hall–Kier alpha value is -3.59. The van der Waals surface area contributed by atoms with Gasteiger partial charge in [-0.1, -0.05) is 36.0 Å². The van der Waals surface area contributed by atoms with Crippen LogP contribution in [0.5, 0.6) is 0 Å². The standard InChI is InChI=1S/C20H17N7OS/c1-27-13-23-26-20(27)29-12-14-6-8-15(9-7-14)19(28)25-22-11-16-10-21-17-4-2-3-5-18(17)24-16/h2-11,13H,12H2,1H3,(H,25,28)/b22-11-. The first kappa shape index (κ1) is 18.8. The predicted molar refractivity (Wildman–Crippen MR) is 112 cm³/mol. The largest absolute Gasteiger partial charge is 0.312 e. The van der Waals surface area contributed by atoms with E-state index in [1.807, 2.05) is 48.0 Å². The molecule has 29 heavy (non-hydrogen) atoms. The summed E-state index contributed by atoms with van der Waals surface area (Å²) in [6.45, 7) is 0. The molecule has 0 aliphatic rings. The highest BCUT2D eigenvalue weighted by Gasteiger charge is 2.06. The minimum absolute atomic E-state index is 0.289. The average molecular weight is 403 g/mol. The lowest BCUT2D eigenvalue weighted by Crippen LogP contribution is -2.17. The summed E-state index contributed by atoms with van der Waals surface area (Å²) in [5, 5.41) is 12.7. The number of carbonyl (C=O) groups is 1. The van der Waals surface area contributed by atoms with Crippen molar-refractivity contribution in [3.63, 3.8) is 0 Å². The number of aryl methyl sites for hydroxylation is 1. The predicted octanol–water partition coefficient (Wildman–Crippen LogP) is 2.81. The molecule has 1 N–H and O–H groups in total. The number of benzene rings is 2. The monoisotopic (exact) mass is 403 g/mol. The van der Waals surface area contributed by atoms with Crippen molar-refractivity contribution in [1.82, 2.24) is 30.2 Å². The molecule has 2 aromatic heterocycles. The molecule has 2 heterocycles. The van der Waals surface area contributed by atoms with Gasteiger partial charge >= 0.3 is 0 Å². The van der Waals surface area contributed by atoms with E-state index in [4.69, 9.17) is 0 Å². The van der Waals surface area contributed by atoms with Crippen molar-refractivity contribution in [2.45, 2.75) is 10.9 Å². The van der Waals surface area contributed by atoms with Gasteiger partial charge in [0.15, 0.2) is 5.16 Å². The number of thioether (sulfide) groups is 1. The molecule has 0 atom stereocenters. The van der Waals surface area contributed by atoms with Gasteiger partial charge in [0, 0.05) is 18.4 Å². The Bertz CT molecular complexity index is 1170. The van der Waals surface area contributed by atoms with Crippen molar-refractivity contribution in [1.29, 1.82) is 0 Å². The Kier molecular flexibility index (Phi) is 5.57. The number of para-hydroxylation sites is 2. The van der Waals surface area contributed by atoms with Gasteiger partial charge in [-0.05, 0) is 29.8 Å². The van der Waals surface area contributed by atoms with E-state index in [9.17, 15) is 4.79 Å². The molecule has 8 nitrogen and oxygen atoms in total. The summed E-state index contributed by atoms with van der Waals surface area (Å²) in [5.41, 5.74) is 6.28. The summed E-state index contributed by atoms with van der Waals surface area (Å²) >= 11 is 1.59. The number of hydrogen-bond donors (Lipinski definition) is 1. The first-order chi connectivity index (χ1) is 14.2. The Morgan fingerprint density at radius 2 is 1.97 bits per heavy atom. The molecule has 0 saturated heterocycles. The summed E-state index contributed by atoms with van der Waals surface area (Å²) in [4.78, 5) is 21.0. The van der Waals surface area contributed by atoms with Gasteiger partial charge in [-0.2, -0.15) is 5.10 Å². The molecule has 0 spiro atoms. The third-order valence-corrected chi connectivity index (χ3v) is 5.19. The lowest BCUT2D eigenvalue weighted by atomic mass is 10.1. The van der Waals surface area contributed by atoms with Crippen molar-refractivity contribution >= 4 is 34.9 Å². The molecule has 0 fully saturated rings. The molecular weight excluding hydrogens is 386 g/mol. The fourth-order valence-electron chi connectivity index (χ4n) is 2.56. The highest BCUT2D eigenvalue weighted by molar-refractivity contribution is 7.98. The fourth-order valence-corrected chi connectivity index (χ4v) is 3.40. The van der Waals surface area contributed by atoms with Gasteiger partial charge in [-0.3, -0.25) is 9.78 Å². The maximum Gasteiger partial charge on any atom is 0.271 e. The summed E-state index contributed by atoms with van der Waals surface area (Å²) < 4.78 is 1.87. The Labute approximate surface area is 171 Å². The second-order valence-electron chi connectivity index (χ2n) is 6.19. The van der Waals surface area contributed by atoms with Gasteiger partial charge in [-0.15, -0.1) is 10.2 Å². The average Bonchev–Trinajstić information content (AvgIpc) is 3.17. The molecule has 0 radical (unpaired) electrons. The molecule has 4 rings (SSSR count). The van der Waals surface area contributed by atoms with Gasteiger partial charge < -0.3 is 4.57 Å². The van der Waals surface area contributed by atoms with Crippen LogP contribution in [-0.2, 0) is 12.8 Å². The van der Waals surface area contributed by atoms with Gasteiger partial charge in [0.2, 0.25) is 0 Å². The van der Waals surface area contributed by atoms with Gasteiger partial charge in [0.05, 0.1) is 23.4 Å². The van der Waals surface area contributed by atoms with Crippen molar-refractivity contribution in [3.8, 4) is 0 Å². The zero-order chi connectivity index (χ0) is 20.1. The van der Waals surface area contributed by atoms with Crippen LogP contribution in [0.1, 0.15) is 21.6 Å². The Balaban J connectivity index is 1.34.